The summed E-state index contributed by atoms with van der Waals surface area (Å²) in [5.41, 5.74) is -0.299. The predicted molar refractivity (Wildman–Crippen MR) is 116 cm³/mol. The Morgan fingerprint density at radius 3 is 2.71 bits per heavy atom. The Kier molecular flexibility index (Phi) is 4.55. The third kappa shape index (κ3) is 3.17. The van der Waals surface area contributed by atoms with Gasteiger partial charge in [0, 0.05) is 12.0 Å². The summed E-state index contributed by atoms with van der Waals surface area (Å²) in [7, 11) is 0. The highest BCUT2D eigenvalue weighted by molar-refractivity contribution is 5.84. The highest BCUT2D eigenvalue weighted by atomic mass is 16.5. The third-order valence-electron chi connectivity index (χ3n) is 10.3. The monoisotopic (exact) mass is 424 g/mol. The van der Waals surface area contributed by atoms with E-state index >= 15 is 0 Å². The van der Waals surface area contributed by atoms with E-state index in [0.29, 0.717) is 23.4 Å². The van der Waals surface area contributed by atoms with Crippen LogP contribution in [0.5, 0.6) is 5.75 Å². The highest BCUT2D eigenvalue weighted by Gasteiger charge is 2.70. The summed E-state index contributed by atoms with van der Waals surface area (Å²) < 4.78 is 5.79. The molecule has 5 aliphatic rings. The molecule has 0 aliphatic heterocycles. The minimum absolute atomic E-state index is 0.151. The number of hydrogen-bond acceptors (Lipinski definition) is 5. The Hall–Kier alpha value is -1.49. The lowest BCUT2D eigenvalue weighted by Crippen LogP contribution is -2.52. The molecule has 0 spiro atoms. The van der Waals surface area contributed by atoms with E-state index in [9.17, 15) is 9.90 Å². The van der Waals surface area contributed by atoms with E-state index < -0.39 is 5.60 Å². The average Bonchev–Trinajstić information content (AvgIpc) is 3.45. The van der Waals surface area contributed by atoms with Crippen LogP contribution in [0, 0.1) is 52.8 Å². The molecule has 0 radical (unpaired) electrons. The molecule has 1 aromatic rings. The lowest BCUT2D eigenvalue weighted by atomic mass is 9.48. The van der Waals surface area contributed by atoms with Gasteiger partial charge in [-0.25, -0.2) is 0 Å². The lowest BCUT2D eigenvalue weighted by molar-refractivity contribution is -0.137. The molecular weight excluding hydrogens is 388 g/mol. The standard InChI is InChI=1S/C26H36N2O3/c1-25(30)8-5-17-15(12-25)3-4-19-18(17)6-9-26(2)23(19)20-11-21(20)24(26)22(29)14-31-16-7-10-27-28-13-16/h7,10,13,15,17-21,23-24,30H,3-6,8-9,11-12,14H2,1-2H3/t15-,17+,18-,19-,20-,21+,23-,24-,25-,26+/m1/s1. The number of carbonyl (C=O) groups is 1. The summed E-state index contributed by atoms with van der Waals surface area (Å²) in [6.07, 6.45) is 12.7. The van der Waals surface area contributed by atoms with Gasteiger partial charge in [-0.3, -0.25) is 4.79 Å². The normalized spacial score (nSPS) is 49.9. The summed E-state index contributed by atoms with van der Waals surface area (Å²) in [6, 6.07) is 1.77. The number of rotatable bonds is 4. The van der Waals surface area contributed by atoms with Crippen LogP contribution in [0.25, 0.3) is 0 Å². The topological polar surface area (TPSA) is 72.3 Å². The van der Waals surface area contributed by atoms with Crippen LogP contribution in [-0.4, -0.2) is 33.3 Å². The zero-order valence-corrected chi connectivity index (χ0v) is 18.9. The average molecular weight is 425 g/mol. The fourth-order valence-corrected chi connectivity index (χ4v) is 9.26. The van der Waals surface area contributed by atoms with Crippen molar-refractivity contribution in [2.45, 2.75) is 70.8 Å². The molecule has 5 aliphatic carbocycles. The molecule has 31 heavy (non-hydrogen) atoms. The van der Waals surface area contributed by atoms with E-state index in [4.69, 9.17) is 4.74 Å². The van der Waals surface area contributed by atoms with Crippen LogP contribution >= 0.6 is 0 Å². The molecule has 6 rings (SSSR count). The molecule has 1 aromatic heterocycles. The molecule has 5 heteroatoms. The molecular formula is C26H36N2O3. The maximum absolute atomic E-state index is 13.4. The molecule has 0 amide bonds. The van der Waals surface area contributed by atoms with Gasteiger partial charge in [0.1, 0.15) is 12.4 Å². The third-order valence-corrected chi connectivity index (χ3v) is 10.3. The summed E-state index contributed by atoms with van der Waals surface area (Å²) in [5.74, 6) is 6.30. The smallest absolute Gasteiger partial charge is 0.174 e. The number of ether oxygens (including phenoxy) is 1. The fraction of sp³-hybridized carbons (Fsp3) is 0.808. The number of carbonyl (C=O) groups excluding carboxylic acids is 1. The van der Waals surface area contributed by atoms with Crippen LogP contribution in [0.2, 0.25) is 0 Å². The Balaban J connectivity index is 1.19. The molecule has 0 aromatic carbocycles. The Bertz CT molecular complexity index is 857. The van der Waals surface area contributed by atoms with Gasteiger partial charge >= 0.3 is 0 Å². The second-order valence-electron chi connectivity index (χ2n) is 12.0. The van der Waals surface area contributed by atoms with Gasteiger partial charge in [0.15, 0.2) is 5.78 Å². The SMILES string of the molecule is C[C@@]1(O)CC[C@H]2[C@H](CC[C@@H]3[C@@H]2CC[C@@]2(C)[C@H]3[C@@H]3C[C@@H]3[C@@H]2C(=O)COc2ccnnc2)C1. The van der Waals surface area contributed by atoms with Crippen molar-refractivity contribution in [3.05, 3.63) is 18.5 Å². The zero-order valence-electron chi connectivity index (χ0n) is 18.9. The van der Waals surface area contributed by atoms with Crippen molar-refractivity contribution >= 4 is 5.78 Å². The van der Waals surface area contributed by atoms with Gasteiger partial charge in [-0.1, -0.05) is 6.92 Å². The van der Waals surface area contributed by atoms with Crippen LogP contribution in [0.3, 0.4) is 0 Å². The molecule has 5 fully saturated rings. The van der Waals surface area contributed by atoms with Gasteiger partial charge in [0.05, 0.1) is 18.0 Å². The van der Waals surface area contributed by atoms with Gasteiger partial charge in [-0.05, 0) is 105 Å². The van der Waals surface area contributed by atoms with Crippen molar-refractivity contribution in [1.29, 1.82) is 0 Å². The first-order valence-corrected chi connectivity index (χ1v) is 12.5. The van der Waals surface area contributed by atoms with Crippen LogP contribution in [0.4, 0.5) is 0 Å². The zero-order chi connectivity index (χ0) is 21.4. The van der Waals surface area contributed by atoms with E-state index in [0.717, 1.165) is 42.4 Å². The molecule has 0 saturated heterocycles. The van der Waals surface area contributed by atoms with Gasteiger partial charge < -0.3 is 9.84 Å². The largest absolute Gasteiger partial charge is 0.484 e. The minimum Gasteiger partial charge on any atom is -0.484 e. The molecule has 0 unspecified atom stereocenters. The molecule has 5 saturated carbocycles. The first-order valence-electron chi connectivity index (χ1n) is 12.5. The van der Waals surface area contributed by atoms with E-state index in [-0.39, 0.29) is 17.9 Å². The van der Waals surface area contributed by atoms with E-state index in [1.165, 1.54) is 38.5 Å². The number of ketones is 1. The van der Waals surface area contributed by atoms with Crippen molar-refractivity contribution in [3.8, 4) is 5.75 Å². The lowest BCUT2D eigenvalue weighted by Gasteiger charge is -2.57. The minimum atomic E-state index is -0.450. The second-order valence-corrected chi connectivity index (χ2v) is 12.0. The maximum atomic E-state index is 13.4. The first-order chi connectivity index (χ1) is 14.9. The van der Waals surface area contributed by atoms with Crippen LogP contribution in [-0.2, 0) is 4.79 Å². The number of aromatic nitrogens is 2. The molecule has 0 bridgehead atoms. The van der Waals surface area contributed by atoms with E-state index in [1.54, 1.807) is 18.5 Å². The van der Waals surface area contributed by atoms with Crippen LogP contribution in [0.15, 0.2) is 18.5 Å². The molecule has 5 nitrogen and oxygen atoms in total. The van der Waals surface area contributed by atoms with E-state index in [2.05, 4.69) is 17.1 Å². The predicted octanol–water partition coefficient (Wildman–Crippen LogP) is 4.30. The van der Waals surface area contributed by atoms with Crippen LogP contribution < -0.4 is 4.74 Å². The van der Waals surface area contributed by atoms with Gasteiger partial charge in [-0.2, -0.15) is 10.2 Å². The molecule has 168 valence electrons. The number of fused-ring (bicyclic) bond motifs is 7. The highest BCUT2D eigenvalue weighted by Crippen LogP contribution is 2.74. The number of aliphatic hydroxyl groups is 1. The van der Waals surface area contributed by atoms with Crippen LogP contribution in [0.1, 0.15) is 65.2 Å². The van der Waals surface area contributed by atoms with Crippen molar-refractivity contribution in [2.75, 3.05) is 6.61 Å². The summed E-state index contributed by atoms with van der Waals surface area (Å²) in [5, 5.41) is 18.2. The van der Waals surface area contributed by atoms with Gasteiger partial charge in [-0.15, -0.1) is 0 Å². The number of hydrogen-bond donors (Lipinski definition) is 1. The number of Topliss-reactive ketones (excluding diaryl/α,β-unsaturated/α-hetero) is 1. The first kappa shape index (κ1) is 20.1. The quantitative estimate of drug-likeness (QED) is 0.780. The second kappa shape index (κ2) is 7.00. The van der Waals surface area contributed by atoms with Crippen molar-refractivity contribution < 1.29 is 14.6 Å². The Morgan fingerprint density at radius 2 is 1.90 bits per heavy atom. The van der Waals surface area contributed by atoms with Crippen molar-refractivity contribution in [3.63, 3.8) is 0 Å². The molecule has 1 heterocycles. The Labute approximate surface area is 185 Å². The Morgan fingerprint density at radius 1 is 1.06 bits per heavy atom. The summed E-state index contributed by atoms with van der Waals surface area (Å²) in [4.78, 5) is 13.4. The van der Waals surface area contributed by atoms with Gasteiger partial charge in [0.25, 0.3) is 0 Å². The number of nitrogens with zero attached hydrogens (tertiary/aromatic N) is 2. The molecule has 10 atom stereocenters. The molecule has 1 N–H and O–H groups in total. The van der Waals surface area contributed by atoms with Crippen molar-refractivity contribution in [1.82, 2.24) is 10.2 Å². The fourth-order valence-electron chi connectivity index (χ4n) is 9.26. The summed E-state index contributed by atoms with van der Waals surface area (Å²) >= 11 is 0. The maximum Gasteiger partial charge on any atom is 0.174 e. The van der Waals surface area contributed by atoms with Crippen molar-refractivity contribution in [2.24, 2.45) is 52.8 Å². The van der Waals surface area contributed by atoms with E-state index in [1.807, 2.05) is 6.92 Å². The van der Waals surface area contributed by atoms with Gasteiger partial charge in [0.2, 0.25) is 0 Å². The summed E-state index contributed by atoms with van der Waals surface area (Å²) in [6.45, 7) is 4.64.